The summed E-state index contributed by atoms with van der Waals surface area (Å²) in [5.41, 5.74) is 0.675. The van der Waals surface area contributed by atoms with Gasteiger partial charge in [0.25, 0.3) is 0 Å². The molecule has 1 heterocycles. The zero-order valence-corrected chi connectivity index (χ0v) is 6.81. The molecule has 1 atom stereocenters. The Labute approximate surface area is 65.8 Å². The summed E-state index contributed by atoms with van der Waals surface area (Å²) in [5, 5.41) is 0. The van der Waals surface area contributed by atoms with E-state index >= 15 is 0 Å². The van der Waals surface area contributed by atoms with E-state index in [2.05, 4.69) is 0 Å². The van der Waals surface area contributed by atoms with Crippen LogP contribution in [-0.2, 0) is 4.74 Å². The molecule has 1 fully saturated rings. The van der Waals surface area contributed by atoms with Crippen molar-refractivity contribution in [2.75, 3.05) is 6.61 Å². The fourth-order valence-corrected chi connectivity index (χ4v) is 1.55. The van der Waals surface area contributed by atoms with Gasteiger partial charge in [0.05, 0.1) is 0 Å². The summed E-state index contributed by atoms with van der Waals surface area (Å²) >= 11 is 0. The smallest absolute Gasteiger partial charge is 0.0465 e. The van der Waals surface area contributed by atoms with E-state index in [4.69, 9.17) is 4.74 Å². The second-order valence-electron chi connectivity index (χ2n) is 2.18. The van der Waals surface area contributed by atoms with Crippen LogP contribution < -0.4 is 0 Å². The number of hydrogen-bond donors (Lipinski definition) is 0. The van der Waals surface area contributed by atoms with Crippen molar-refractivity contribution in [2.24, 2.45) is 0 Å². The van der Waals surface area contributed by atoms with Gasteiger partial charge in [-0.15, -0.1) is 0 Å². The Bertz CT molecular complexity index is 54.4. The molecule has 0 aromatic carbocycles. The first-order valence-electron chi connectivity index (χ1n) is 3.01. The minimum atomic E-state index is 0. The molecule has 0 bridgehead atoms. The summed E-state index contributed by atoms with van der Waals surface area (Å²) in [4.78, 5) is 0. The molecule has 1 unspecified atom stereocenters. The van der Waals surface area contributed by atoms with Crippen molar-refractivity contribution in [1.82, 2.24) is 0 Å². The maximum absolute atomic E-state index is 5.34. The molecule has 0 spiro atoms. The second kappa shape index (κ2) is 4.63. The molecule has 1 rings (SSSR count). The standard InChI is InChI=1S/C5H12OSi.Li.H/c7-5-3-1-2-4-6-5;;/h5H,1-4H2,7H3;;. The van der Waals surface area contributed by atoms with E-state index in [1.165, 1.54) is 29.5 Å². The summed E-state index contributed by atoms with van der Waals surface area (Å²) in [5.74, 6) is 0. The number of rotatable bonds is 0. The molecule has 1 aliphatic heterocycles. The van der Waals surface area contributed by atoms with Crippen molar-refractivity contribution in [3.05, 3.63) is 0 Å². The Morgan fingerprint density at radius 2 is 2.12 bits per heavy atom. The zero-order chi connectivity index (χ0) is 5.11. The van der Waals surface area contributed by atoms with Crippen LogP contribution in [0.5, 0.6) is 0 Å². The summed E-state index contributed by atoms with van der Waals surface area (Å²) in [6.07, 6.45) is 4.01. The molecule has 1 aliphatic rings. The Balaban J connectivity index is 0.000000490. The minimum Gasteiger partial charge on any atom is -0.383 e. The normalized spacial score (nSPS) is 29.2. The van der Waals surface area contributed by atoms with Crippen molar-refractivity contribution in [2.45, 2.75) is 25.0 Å². The molecule has 1 nitrogen and oxygen atoms in total. The molecular formula is C5H13LiOSi. The molecule has 0 saturated carbocycles. The Kier molecular flexibility index (Phi) is 5.08. The summed E-state index contributed by atoms with van der Waals surface area (Å²) < 4.78 is 5.34. The largest absolute Gasteiger partial charge is 0.383 e. The molecule has 1 saturated heterocycles. The predicted molar refractivity (Wildman–Crippen MR) is 40.7 cm³/mol. The van der Waals surface area contributed by atoms with Crippen LogP contribution in [0, 0.1) is 0 Å². The fraction of sp³-hybridized carbons (Fsp3) is 1.00. The van der Waals surface area contributed by atoms with Gasteiger partial charge in [0.2, 0.25) is 0 Å². The van der Waals surface area contributed by atoms with Crippen LogP contribution in [0.2, 0.25) is 0 Å². The van der Waals surface area contributed by atoms with Gasteiger partial charge in [0.15, 0.2) is 0 Å². The Morgan fingerprint density at radius 1 is 1.38 bits per heavy atom. The quantitative estimate of drug-likeness (QED) is 0.385. The van der Waals surface area contributed by atoms with Gasteiger partial charge in [-0.25, -0.2) is 0 Å². The van der Waals surface area contributed by atoms with E-state index in [9.17, 15) is 0 Å². The van der Waals surface area contributed by atoms with Crippen LogP contribution >= 0.6 is 0 Å². The molecule has 44 valence electrons. The first-order valence-corrected chi connectivity index (χ1v) is 4.16. The van der Waals surface area contributed by atoms with E-state index in [1.54, 1.807) is 0 Å². The minimum absolute atomic E-state index is 0. The number of hydrogen-bond acceptors (Lipinski definition) is 1. The topological polar surface area (TPSA) is 9.23 Å². The monoisotopic (exact) mass is 124 g/mol. The fourth-order valence-electron chi connectivity index (χ4n) is 0.902. The molecule has 0 aromatic heterocycles. The van der Waals surface area contributed by atoms with Crippen LogP contribution in [0.25, 0.3) is 0 Å². The molecule has 3 heteroatoms. The van der Waals surface area contributed by atoms with E-state index < -0.39 is 0 Å². The van der Waals surface area contributed by atoms with Crippen molar-refractivity contribution < 1.29 is 4.74 Å². The second-order valence-corrected chi connectivity index (χ2v) is 3.47. The van der Waals surface area contributed by atoms with Gasteiger partial charge in [-0.3, -0.25) is 0 Å². The van der Waals surface area contributed by atoms with Gasteiger partial charge in [0, 0.05) is 22.6 Å². The van der Waals surface area contributed by atoms with Gasteiger partial charge in [-0.2, -0.15) is 0 Å². The van der Waals surface area contributed by atoms with Crippen LogP contribution in [0.3, 0.4) is 0 Å². The maximum Gasteiger partial charge on any atom is 0.0465 e. The van der Waals surface area contributed by atoms with Crippen molar-refractivity contribution in [1.29, 1.82) is 0 Å². The molecule has 8 heavy (non-hydrogen) atoms. The predicted octanol–water partition coefficient (Wildman–Crippen LogP) is -0.770. The first-order chi connectivity index (χ1) is 3.39. The number of ether oxygens (including phenoxy) is 1. The Hall–Kier alpha value is 0.774. The molecule has 0 aromatic rings. The third kappa shape index (κ3) is 2.93. The third-order valence-corrected chi connectivity index (χ3v) is 2.32. The van der Waals surface area contributed by atoms with E-state index in [-0.39, 0.29) is 18.9 Å². The SMILES string of the molecule is [LiH].[SiH3]C1CCCCO1. The molecular weight excluding hydrogens is 111 g/mol. The molecule has 0 amide bonds. The molecule has 0 radical (unpaired) electrons. The summed E-state index contributed by atoms with van der Waals surface area (Å²) in [6, 6.07) is 0. The van der Waals surface area contributed by atoms with Gasteiger partial charge in [-0.05, 0) is 19.3 Å². The van der Waals surface area contributed by atoms with Crippen LogP contribution in [-0.4, -0.2) is 41.4 Å². The van der Waals surface area contributed by atoms with Gasteiger partial charge in [0.1, 0.15) is 0 Å². The zero-order valence-electron chi connectivity index (χ0n) is 4.81. The van der Waals surface area contributed by atoms with Crippen LogP contribution in [0.4, 0.5) is 0 Å². The summed E-state index contributed by atoms with van der Waals surface area (Å²) in [7, 11) is 1.23. The first kappa shape index (κ1) is 8.77. The Morgan fingerprint density at radius 3 is 2.38 bits per heavy atom. The van der Waals surface area contributed by atoms with E-state index in [0.717, 1.165) is 6.61 Å². The van der Waals surface area contributed by atoms with Crippen molar-refractivity contribution in [3.63, 3.8) is 0 Å². The van der Waals surface area contributed by atoms with E-state index in [0.29, 0.717) is 5.73 Å². The van der Waals surface area contributed by atoms with Gasteiger partial charge < -0.3 is 4.74 Å². The van der Waals surface area contributed by atoms with Crippen LogP contribution in [0.15, 0.2) is 0 Å². The average Bonchev–Trinajstić information content (AvgIpc) is 1.69. The van der Waals surface area contributed by atoms with Gasteiger partial charge >= 0.3 is 18.9 Å². The average molecular weight is 124 g/mol. The van der Waals surface area contributed by atoms with Crippen molar-refractivity contribution >= 4 is 29.1 Å². The molecule has 0 N–H and O–H groups in total. The molecule has 0 aliphatic carbocycles. The van der Waals surface area contributed by atoms with Crippen molar-refractivity contribution in [3.8, 4) is 0 Å². The van der Waals surface area contributed by atoms with Gasteiger partial charge in [-0.1, -0.05) is 0 Å². The summed E-state index contributed by atoms with van der Waals surface area (Å²) in [6.45, 7) is 1.02. The van der Waals surface area contributed by atoms with E-state index in [1.807, 2.05) is 0 Å². The van der Waals surface area contributed by atoms with Crippen LogP contribution in [0.1, 0.15) is 19.3 Å². The third-order valence-electron chi connectivity index (χ3n) is 1.41. The maximum atomic E-state index is 5.34.